The average Bonchev–Trinajstić information content (AvgIpc) is 3.51. The fraction of sp³-hybridized carbons (Fsp3) is 0.231. The van der Waals surface area contributed by atoms with Crippen molar-refractivity contribution >= 4 is 28.4 Å². The van der Waals surface area contributed by atoms with Crippen molar-refractivity contribution in [1.82, 2.24) is 20.1 Å². The van der Waals surface area contributed by atoms with Gasteiger partial charge in [0.2, 0.25) is 5.91 Å². The SMILES string of the molecule is O=C(Cn1cc(NC(=O)c2cc(-c3ccc(F)cc3)nc3ccccc23)cn1)NC1CCCC1. The van der Waals surface area contributed by atoms with E-state index in [9.17, 15) is 14.0 Å². The van der Waals surface area contributed by atoms with Crippen LogP contribution in [0.25, 0.3) is 22.2 Å². The third-order valence-electron chi connectivity index (χ3n) is 6.02. The first-order valence-electron chi connectivity index (χ1n) is 11.3. The van der Waals surface area contributed by atoms with E-state index in [0.717, 1.165) is 25.7 Å². The molecule has 0 saturated heterocycles. The molecular formula is C26H24FN5O2. The molecule has 0 unspecified atom stereocenters. The maximum atomic E-state index is 13.4. The second-order valence-electron chi connectivity index (χ2n) is 8.51. The lowest BCUT2D eigenvalue weighted by atomic mass is 10.0. The van der Waals surface area contributed by atoms with E-state index in [1.807, 2.05) is 24.3 Å². The summed E-state index contributed by atoms with van der Waals surface area (Å²) in [5, 5.41) is 10.8. The van der Waals surface area contributed by atoms with Gasteiger partial charge in [0.25, 0.3) is 5.91 Å². The van der Waals surface area contributed by atoms with Crippen molar-refractivity contribution in [3.63, 3.8) is 0 Å². The smallest absolute Gasteiger partial charge is 0.256 e. The summed E-state index contributed by atoms with van der Waals surface area (Å²) >= 11 is 0. The first-order valence-corrected chi connectivity index (χ1v) is 11.3. The van der Waals surface area contributed by atoms with Crippen LogP contribution in [0.15, 0.2) is 67.0 Å². The number of hydrogen-bond donors (Lipinski definition) is 2. The van der Waals surface area contributed by atoms with E-state index in [4.69, 9.17) is 0 Å². The molecule has 8 heteroatoms. The van der Waals surface area contributed by atoms with Gasteiger partial charge in [0.15, 0.2) is 0 Å². The summed E-state index contributed by atoms with van der Waals surface area (Å²) in [4.78, 5) is 30.1. The van der Waals surface area contributed by atoms with Crippen LogP contribution >= 0.6 is 0 Å². The van der Waals surface area contributed by atoms with Crippen molar-refractivity contribution in [2.24, 2.45) is 0 Å². The maximum Gasteiger partial charge on any atom is 0.256 e. The van der Waals surface area contributed by atoms with Crippen LogP contribution in [0.3, 0.4) is 0 Å². The van der Waals surface area contributed by atoms with Crippen molar-refractivity contribution in [2.45, 2.75) is 38.3 Å². The molecule has 2 amide bonds. The topological polar surface area (TPSA) is 88.9 Å². The number of anilines is 1. The average molecular weight is 458 g/mol. The van der Waals surface area contributed by atoms with Crippen molar-refractivity contribution in [2.75, 3.05) is 5.32 Å². The minimum absolute atomic E-state index is 0.0862. The molecule has 1 saturated carbocycles. The first-order chi connectivity index (χ1) is 16.5. The standard InChI is InChI=1S/C26H24FN5O2/c27-18-11-9-17(10-12-18)24-13-22(21-7-3-4-8-23(21)31-24)26(34)30-20-14-28-32(15-20)16-25(33)29-19-5-1-2-6-19/h3-4,7-15,19H,1-2,5-6,16H2,(H,29,33)(H,30,34). The lowest BCUT2D eigenvalue weighted by Gasteiger charge is -2.11. The number of benzene rings is 2. The summed E-state index contributed by atoms with van der Waals surface area (Å²) in [6, 6.07) is 15.3. The molecule has 2 aromatic heterocycles. The number of rotatable bonds is 6. The van der Waals surface area contributed by atoms with Crippen molar-refractivity contribution in [3.05, 3.63) is 78.4 Å². The van der Waals surface area contributed by atoms with Gasteiger partial charge in [0, 0.05) is 23.2 Å². The Hall–Kier alpha value is -4.07. The molecule has 2 heterocycles. The molecule has 1 fully saturated rings. The van der Waals surface area contributed by atoms with Gasteiger partial charge in [-0.3, -0.25) is 14.3 Å². The minimum atomic E-state index is -0.337. The van der Waals surface area contributed by atoms with Crippen LogP contribution in [-0.4, -0.2) is 32.6 Å². The summed E-state index contributed by atoms with van der Waals surface area (Å²) < 4.78 is 14.9. The quantitative estimate of drug-likeness (QED) is 0.445. The van der Waals surface area contributed by atoms with Crippen molar-refractivity contribution in [1.29, 1.82) is 0 Å². The number of halogens is 1. The van der Waals surface area contributed by atoms with Crippen LogP contribution in [0, 0.1) is 5.82 Å². The molecule has 0 radical (unpaired) electrons. The number of para-hydroxylation sites is 1. The molecular weight excluding hydrogens is 433 g/mol. The molecule has 172 valence electrons. The summed E-state index contributed by atoms with van der Waals surface area (Å²) in [7, 11) is 0. The zero-order valence-corrected chi connectivity index (χ0v) is 18.5. The number of pyridine rings is 1. The Bertz CT molecular complexity index is 1340. The molecule has 4 aromatic rings. The van der Waals surface area contributed by atoms with E-state index >= 15 is 0 Å². The third-order valence-corrected chi connectivity index (χ3v) is 6.02. The Morgan fingerprint density at radius 3 is 2.62 bits per heavy atom. The van der Waals surface area contributed by atoms with Gasteiger partial charge >= 0.3 is 0 Å². The van der Waals surface area contributed by atoms with E-state index in [2.05, 4.69) is 20.7 Å². The minimum Gasteiger partial charge on any atom is -0.352 e. The normalized spacial score (nSPS) is 13.8. The molecule has 7 nitrogen and oxygen atoms in total. The van der Waals surface area contributed by atoms with Crippen LogP contribution in [-0.2, 0) is 11.3 Å². The number of carbonyl (C=O) groups excluding carboxylic acids is 2. The van der Waals surface area contributed by atoms with E-state index in [1.165, 1.54) is 23.0 Å². The van der Waals surface area contributed by atoms with E-state index in [-0.39, 0.29) is 30.2 Å². The second kappa shape index (κ2) is 9.43. The van der Waals surface area contributed by atoms with E-state index < -0.39 is 0 Å². The number of amides is 2. The van der Waals surface area contributed by atoms with Gasteiger partial charge in [-0.2, -0.15) is 5.10 Å². The molecule has 5 rings (SSSR count). The summed E-state index contributed by atoms with van der Waals surface area (Å²) in [6.45, 7) is 0.0965. The van der Waals surface area contributed by atoms with Gasteiger partial charge in [-0.25, -0.2) is 9.37 Å². The van der Waals surface area contributed by atoms with Crippen LogP contribution in [0.1, 0.15) is 36.0 Å². The van der Waals surface area contributed by atoms with Gasteiger partial charge in [-0.15, -0.1) is 0 Å². The monoisotopic (exact) mass is 457 g/mol. The second-order valence-corrected chi connectivity index (χ2v) is 8.51. The highest BCUT2D eigenvalue weighted by Gasteiger charge is 2.18. The highest BCUT2D eigenvalue weighted by molar-refractivity contribution is 6.13. The number of hydrogen-bond acceptors (Lipinski definition) is 4. The van der Waals surface area contributed by atoms with Crippen LogP contribution in [0.2, 0.25) is 0 Å². The third kappa shape index (κ3) is 4.80. The van der Waals surface area contributed by atoms with Gasteiger partial charge in [0.1, 0.15) is 12.4 Å². The van der Waals surface area contributed by atoms with Crippen LogP contribution in [0.5, 0.6) is 0 Å². The molecule has 1 aliphatic rings. The lowest BCUT2D eigenvalue weighted by Crippen LogP contribution is -2.35. The Kier molecular flexibility index (Phi) is 6.03. The Balaban J connectivity index is 1.35. The Morgan fingerprint density at radius 2 is 1.82 bits per heavy atom. The highest BCUT2D eigenvalue weighted by atomic mass is 19.1. The fourth-order valence-electron chi connectivity index (χ4n) is 4.34. The molecule has 0 bridgehead atoms. The largest absolute Gasteiger partial charge is 0.352 e. The lowest BCUT2D eigenvalue weighted by molar-refractivity contribution is -0.122. The highest BCUT2D eigenvalue weighted by Crippen LogP contribution is 2.26. The number of aromatic nitrogens is 3. The first kappa shape index (κ1) is 21.8. The number of nitrogens with zero attached hydrogens (tertiary/aromatic N) is 3. The molecule has 34 heavy (non-hydrogen) atoms. The van der Waals surface area contributed by atoms with Gasteiger partial charge in [0.05, 0.1) is 28.7 Å². The van der Waals surface area contributed by atoms with Crippen molar-refractivity contribution < 1.29 is 14.0 Å². The summed E-state index contributed by atoms with van der Waals surface area (Å²) in [5.74, 6) is -0.745. The molecule has 2 N–H and O–H groups in total. The maximum absolute atomic E-state index is 13.4. The molecule has 1 aliphatic carbocycles. The Labute approximate surface area is 196 Å². The number of fused-ring (bicyclic) bond motifs is 1. The Morgan fingerprint density at radius 1 is 1.06 bits per heavy atom. The summed E-state index contributed by atoms with van der Waals surface area (Å²) in [6.07, 6.45) is 7.49. The zero-order chi connectivity index (χ0) is 23.5. The van der Waals surface area contributed by atoms with E-state index in [1.54, 1.807) is 24.4 Å². The van der Waals surface area contributed by atoms with Gasteiger partial charge in [-0.05, 0) is 49.2 Å². The van der Waals surface area contributed by atoms with Gasteiger partial charge in [-0.1, -0.05) is 31.0 Å². The molecule has 2 aromatic carbocycles. The summed E-state index contributed by atoms with van der Waals surface area (Å²) in [5.41, 5.74) is 2.87. The number of nitrogens with one attached hydrogen (secondary N) is 2. The van der Waals surface area contributed by atoms with Crippen LogP contribution in [0.4, 0.5) is 10.1 Å². The zero-order valence-electron chi connectivity index (χ0n) is 18.5. The van der Waals surface area contributed by atoms with E-state index in [0.29, 0.717) is 33.4 Å². The number of carbonyl (C=O) groups is 2. The van der Waals surface area contributed by atoms with Crippen LogP contribution < -0.4 is 10.6 Å². The molecule has 0 aliphatic heterocycles. The molecule has 0 atom stereocenters. The molecule has 0 spiro atoms. The fourth-order valence-corrected chi connectivity index (χ4v) is 4.34. The van der Waals surface area contributed by atoms with Crippen molar-refractivity contribution in [3.8, 4) is 11.3 Å². The predicted molar refractivity (Wildman–Crippen MR) is 128 cm³/mol. The predicted octanol–water partition coefficient (Wildman–Crippen LogP) is 4.55. The van der Waals surface area contributed by atoms with Gasteiger partial charge < -0.3 is 10.6 Å².